The van der Waals surface area contributed by atoms with Gasteiger partial charge < -0.3 is 25.8 Å². The van der Waals surface area contributed by atoms with Crippen molar-refractivity contribution in [1.82, 2.24) is 16.0 Å². The molecule has 0 bridgehead atoms. The monoisotopic (exact) mass is 429 g/mol. The Kier molecular flexibility index (Phi) is 8.24. The van der Waals surface area contributed by atoms with Crippen molar-refractivity contribution in [1.29, 1.82) is 0 Å². The summed E-state index contributed by atoms with van der Waals surface area (Å²) in [7, 11) is 0. The van der Waals surface area contributed by atoms with Gasteiger partial charge in [-0.15, -0.1) is 0 Å². The van der Waals surface area contributed by atoms with Crippen molar-refractivity contribution in [3.8, 4) is 0 Å². The second kappa shape index (κ2) is 10.7. The molecule has 4 N–H and O–H groups in total. The first-order chi connectivity index (χ1) is 14.6. The third-order valence-corrected chi connectivity index (χ3v) is 4.60. The van der Waals surface area contributed by atoms with Crippen molar-refractivity contribution < 1.29 is 24.2 Å². The maximum absolute atomic E-state index is 13.0. The highest BCUT2D eigenvalue weighted by molar-refractivity contribution is 5.88. The van der Waals surface area contributed by atoms with Crippen molar-refractivity contribution in [2.24, 2.45) is 0 Å². The van der Waals surface area contributed by atoms with E-state index in [1.54, 1.807) is 20.8 Å². The van der Waals surface area contributed by atoms with Crippen LogP contribution in [0.5, 0.6) is 0 Å². The number of nitrogens with one attached hydrogen (secondary N) is 3. The summed E-state index contributed by atoms with van der Waals surface area (Å²) in [6.45, 7) is 7.27. The van der Waals surface area contributed by atoms with Crippen LogP contribution < -0.4 is 16.0 Å². The summed E-state index contributed by atoms with van der Waals surface area (Å²) in [5.74, 6) is -0.360. The number of hydrogen-bond donors (Lipinski definition) is 4. The molecule has 0 spiro atoms. The van der Waals surface area contributed by atoms with Gasteiger partial charge in [0.1, 0.15) is 11.6 Å². The molecule has 8 nitrogen and oxygen atoms in total. The second-order valence-corrected chi connectivity index (χ2v) is 8.37. The zero-order valence-corrected chi connectivity index (χ0v) is 18.4. The molecule has 3 amide bonds. The van der Waals surface area contributed by atoms with Gasteiger partial charge in [-0.1, -0.05) is 42.5 Å². The fourth-order valence-corrected chi connectivity index (χ4v) is 3.24. The Morgan fingerprint density at radius 1 is 1.03 bits per heavy atom. The maximum atomic E-state index is 13.0. The summed E-state index contributed by atoms with van der Waals surface area (Å²) in [6, 6.07) is 12.7. The maximum Gasteiger partial charge on any atom is 0.408 e. The number of carbonyl (C=O) groups is 3. The Hall–Kier alpha value is -3.29. The van der Waals surface area contributed by atoms with Gasteiger partial charge in [0, 0.05) is 6.54 Å². The summed E-state index contributed by atoms with van der Waals surface area (Å²) in [4.78, 5) is 35.8. The number of fused-ring (bicyclic) bond motifs is 1. The number of ether oxygens (including phenoxy) is 1. The van der Waals surface area contributed by atoms with Gasteiger partial charge in [-0.25, -0.2) is 9.59 Å². The van der Waals surface area contributed by atoms with Gasteiger partial charge in [-0.3, -0.25) is 4.79 Å². The Labute approximate surface area is 182 Å². The van der Waals surface area contributed by atoms with Gasteiger partial charge in [0.05, 0.1) is 6.04 Å². The van der Waals surface area contributed by atoms with E-state index >= 15 is 0 Å². The molecule has 0 fully saturated rings. The molecule has 0 aliphatic rings. The second-order valence-electron chi connectivity index (χ2n) is 8.37. The lowest BCUT2D eigenvalue weighted by atomic mass is 9.99. The molecule has 0 radical (unpaired) electrons. The summed E-state index contributed by atoms with van der Waals surface area (Å²) in [5.41, 5.74) is 0.265. The van der Waals surface area contributed by atoms with Crippen molar-refractivity contribution in [3.05, 3.63) is 48.0 Å². The van der Waals surface area contributed by atoms with Gasteiger partial charge in [-0.2, -0.15) is 0 Å². The molecule has 31 heavy (non-hydrogen) atoms. The van der Waals surface area contributed by atoms with Crippen LogP contribution in [0, 0.1) is 0 Å². The van der Waals surface area contributed by atoms with Gasteiger partial charge >= 0.3 is 12.2 Å². The minimum Gasteiger partial charge on any atom is -0.465 e. The summed E-state index contributed by atoms with van der Waals surface area (Å²) >= 11 is 0. The van der Waals surface area contributed by atoms with Crippen molar-refractivity contribution in [2.45, 2.75) is 58.2 Å². The van der Waals surface area contributed by atoms with E-state index in [1.807, 2.05) is 49.4 Å². The van der Waals surface area contributed by atoms with Gasteiger partial charge in [0.25, 0.3) is 0 Å². The third-order valence-electron chi connectivity index (χ3n) is 4.60. The highest BCUT2D eigenvalue weighted by Crippen LogP contribution is 2.24. The number of hydrogen-bond acceptors (Lipinski definition) is 4. The molecule has 0 saturated heterocycles. The molecule has 2 rings (SSSR count). The van der Waals surface area contributed by atoms with E-state index in [0.29, 0.717) is 6.42 Å². The molecule has 0 heterocycles. The molecule has 2 aromatic carbocycles. The number of carbonyl (C=O) groups excluding carboxylic acids is 2. The molecule has 0 saturated carbocycles. The van der Waals surface area contributed by atoms with Gasteiger partial charge in [0.2, 0.25) is 5.91 Å². The molecule has 2 atom stereocenters. The molecular weight excluding hydrogens is 398 g/mol. The largest absolute Gasteiger partial charge is 0.465 e. The molecule has 8 heteroatoms. The van der Waals surface area contributed by atoms with Gasteiger partial charge in [0.15, 0.2) is 0 Å². The minimum atomic E-state index is -1.13. The highest BCUT2D eigenvalue weighted by atomic mass is 16.6. The number of alkyl carbamates (subject to hydrolysis) is 1. The fraction of sp³-hybridized carbons (Fsp3) is 0.435. The minimum absolute atomic E-state index is 0.175. The quantitative estimate of drug-likeness (QED) is 0.474. The fourth-order valence-electron chi connectivity index (χ4n) is 3.24. The van der Waals surface area contributed by atoms with Crippen LogP contribution in [0.25, 0.3) is 10.8 Å². The third kappa shape index (κ3) is 7.81. The Balaban J connectivity index is 2.10. The Morgan fingerprint density at radius 2 is 1.71 bits per heavy atom. The van der Waals surface area contributed by atoms with E-state index in [9.17, 15) is 14.4 Å². The SMILES string of the molecule is C[C@H](NC(=O)[C@H](CCCNC(=O)O)NC(=O)OC(C)(C)C)c1cccc2ccccc12. The van der Waals surface area contributed by atoms with Crippen LogP contribution in [0.1, 0.15) is 52.1 Å². The normalized spacial score (nSPS) is 13.2. The summed E-state index contributed by atoms with van der Waals surface area (Å²) in [6.07, 6.45) is -1.20. The molecule has 0 aromatic heterocycles. The topological polar surface area (TPSA) is 117 Å². The van der Waals surface area contributed by atoms with E-state index in [4.69, 9.17) is 9.84 Å². The van der Waals surface area contributed by atoms with E-state index in [-0.39, 0.29) is 24.9 Å². The lowest BCUT2D eigenvalue weighted by Crippen LogP contribution is -2.49. The average Bonchev–Trinajstić information content (AvgIpc) is 2.68. The lowest BCUT2D eigenvalue weighted by molar-refractivity contribution is -0.124. The first kappa shape index (κ1) is 24.0. The van der Waals surface area contributed by atoms with Crippen LogP contribution >= 0.6 is 0 Å². The smallest absolute Gasteiger partial charge is 0.408 e. The molecular formula is C23H31N3O5. The molecule has 0 unspecified atom stereocenters. The highest BCUT2D eigenvalue weighted by Gasteiger charge is 2.25. The van der Waals surface area contributed by atoms with E-state index in [1.165, 1.54) is 0 Å². The first-order valence-corrected chi connectivity index (χ1v) is 10.3. The predicted octanol–water partition coefficient (Wildman–Crippen LogP) is 3.96. The van der Waals surface area contributed by atoms with Crippen LogP contribution in [0.2, 0.25) is 0 Å². The standard InChI is InChI=1S/C23H31N3O5/c1-15(17-12-7-10-16-9-5-6-11-18(16)17)25-20(27)19(13-8-14-24-21(28)29)26-22(30)31-23(2,3)4/h5-7,9-12,15,19,24H,8,13-14H2,1-4H3,(H,25,27)(H,26,30)(H,28,29)/t15-,19-/m0/s1. The van der Waals surface area contributed by atoms with Crippen molar-refractivity contribution in [2.75, 3.05) is 6.54 Å². The summed E-state index contributed by atoms with van der Waals surface area (Å²) < 4.78 is 5.27. The summed E-state index contributed by atoms with van der Waals surface area (Å²) in [5, 5.41) is 18.7. The van der Waals surface area contributed by atoms with Gasteiger partial charge in [-0.05, 0) is 56.9 Å². The van der Waals surface area contributed by atoms with Crippen LogP contribution in [0.3, 0.4) is 0 Å². The van der Waals surface area contributed by atoms with Crippen LogP contribution in [-0.2, 0) is 9.53 Å². The lowest BCUT2D eigenvalue weighted by Gasteiger charge is -2.25. The zero-order chi connectivity index (χ0) is 23.0. The molecule has 168 valence electrons. The molecule has 0 aliphatic carbocycles. The molecule has 0 aliphatic heterocycles. The number of carboxylic acid groups (broad SMARTS) is 1. The predicted molar refractivity (Wildman–Crippen MR) is 119 cm³/mol. The number of benzene rings is 2. The van der Waals surface area contributed by atoms with E-state index in [2.05, 4.69) is 16.0 Å². The Bertz CT molecular complexity index is 918. The molecule has 2 aromatic rings. The number of rotatable bonds is 8. The van der Waals surface area contributed by atoms with Crippen molar-refractivity contribution >= 4 is 28.9 Å². The van der Waals surface area contributed by atoms with Crippen molar-refractivity contribution in [3.63, 3.8) is 0 Å². The van der Waals surface area contributed by atoms with Crippen LogP contribution in [0.15, 0.2) is 42.5 Å². The average molecular weight is 430 g/mol. The zero-order valence-electron chi connectivity index (χ0n) is 18.4. The van der Waals surface area contributed by atoms with E-state index in [0.717, 1.165) is 16.3 Å². The van der Waals surface area contributed by atoms with Crippen LogP contribution in [-0.4, -0.2) is 41.4 Å². The first-order valence-electron chi connectivity index (χ1n) is 10.3. The van der Waals surface area contributed by atoms with E-state index < -0.39 is 23.8 Å². The van der Waals surface area contributed by atoms with Crippen LogP contribution in [0.4, 0.5) is 9.59 Å². The number of amides is 3. The Morgan fingerprint density at radius 3 is 2.39 bits per heavy atom.